The number of benzene rings is 1. The van der Waals surface area contributed by atoms with Crippen molar-refractivity contribution in [1.29, 1.82) is 0 Å². The van der Waals surface area contributed by atoms with Gasteiger partial charge in [0.1, 0.15) is 0 Å². The van der Waals surface area contributed by atoms with Crippen LogP contribution in [0.25, 0.3) is 0 Å². The van der Waals surface area contributed by atoms with Gasteiger partial charge >= 0.3 is 0 Å². The molecule has 0 aliphatic heterocycles. The number of unbranched alkanes of at least 4 members (excludes halogenated alkanes) is 6. The van der Waals surface area contributed by atoms with Crippen LogP contribution in [0.1, 0.15) is 76.2 Å². The first-order valence-electron chi connectivity index (χ1n) is 9.43. The van der Waals surface area contributed by atoms with E-state index in [1.54, 1.807) is 7.11 Å². The van der Waals surface area contributed by atoms with E-state index < -0.39 is 0 Å². The van der Waals surface area contributed by atoms with E-state index in [0.717, 1.165) is 13.0 Å². The summed E-state index contributed by atoms with van der Waals surface area (Å²) in [6.45, 7) is 2.95. The van der Waals surface area contributed by atoms with Crippen molar-refractivity contribution in [2.24, 2.45) is 0 Å². The third kappa shape index (κ3) is 9.58. The fraction of sp³-hybridized carbons (Fsp3) is 0.565. The van der Waals surface area contributed by atoms with Crippen LogP contribution >= 0.6 is 0 Å². The number of hydrogen-bond acceptors (Lipinski definition) is 1. The first kappa shape index (κ1) is 20.5. The van der Waals surface area contributed by atoms with Gasteiger partial charge in [0.15, 0.2) is 0 Å². The molecule has 132 valence electrons. The van der Waals surface area contributed by atoms with Crippen LogP contribution in [0.5, 0.6) is 0 Å². The van der Waals surface area contributed by atoms with E-state index in [4.69, 9.17) is 11.2 Å². The summed E-state index contributed by atoms with van der Waals surface area (Å²) in [5.41, 5.74) is 2.75. The summed E-state index contributed by atoms with van der Waals surface area (Å²) >= 11 is 0. The molecule has 0 aromatic heterocycles. The average Bonchev–Trinajstić information content (AvgIpc) is 2.62. The van der Waals surface area contributed by atoms with Gasteiger partial charge in [-0.2, -0.15) is 0 Å². The standard InChI is InChI=1S/C23H34O/c1-4-22(23-17-13-10-14-18-23)16-12-9-7-5-6-8-11-15-21(2)19-20-24-3/h1,10,13-14,17-19,22H,5-9,11-12,15-16,20H2,2-3H3/b21-19+. The highest BCUT2D eigenvalue weighted by molar-refractivity contribution is 5.26. The molecule has 1 aromatic rings. The third-order valence-electron chi connectivity index (χ3n) is 4.57. The molecular formula is C23H34O. The minimum Gasteiger partial charge on any atom is -0.381 e. The quantitative estimate of drug-likeness (QED) is 0.228. The summed E-state index contributed by atoms with van der Waals surface area (Å²) in [4.78, 5) is 0. The van der Waals surface area contributed by atoms with Gasteiger partial charge in [-0.3, -0.25) is 0 Å². The van der Waals surface area contributed by atoms with Crippen molar-refractivity contribution in [1.82, 2.24) is 0 Å². The maximum absolute atomic E-state index is 5.69. The lowest BCUT2D eigenvalue weighted by atomic mass is 9.93. The Morgan fingerprint density at radius 3 is 2.29 bits per heavy atom. The number of terminal acetylenes is 1. The van der Waals surface area contributed by atoms with E-state index in [1.165, 1.54) is 62.5 Å². The second-order valence-electron chi connectivity index (χ2n) is 6.65. The molecule has 1 aromatic carbocycles. The highest BCUT2D eigenvalue weighted by Crippen LogP contribution is 2.22. The molecule has 0 heterocycles. The van der Waals surface area contributed by atoms with Gasteiger partial charge in [-0.25, -0.2) is 0 Å². The highest BCUT2D eigenvalue weighted by Gasteiger charge is 2.06. The molecule has 0 spiro atoms. The van der Waals surface area contributed by atoms with Gasteiger partial charge in [0, 0.05) is 13.0 Å². The second-order valence-corrected chi connectivity index (χ2v) is 6.65. The van der Waals surface area contributed by atoms with E-state index in [9.17, 15) is 0 Å². The number of allylic oxidation sites excluding steroid dienone is 1. The van der Waals surface area contributed by atoms with Crippen LogP contribution in [0.15, 0.2) is 42.0 Å². The summed E-state index contributed by atoms with van der Waals surface area (Å²) in [5, 5.41) is 0. The van der Waals surface area contributed by atoms with E-state index in [2.05, 4.69) is 43.2 Å². The fourth-order valence-corrected chi connectivity index (χ4v) is 3.00. The first-order chi connectivity index (χ1) is 11.8. The van der Waals surface area contributed by atoms with Gasteiger partial charge in [-0.05, 0) is 31.7 Å². The van der Waals surface area contributed by atoms with Gasteiger partial charge in [0.25, 0.3) is 0 Å². The normalized spacial score (nSPS) is 12.8. The van der Waals surface area contributed by atoms with Crippen molar-refractivity contribution in [2.75, 3.05) is 13.7 Å². The SMILES string of the molecule is C#CC(CCCCCCCCC/C(C)=C/COC)c1ccccc1. The molecule has 0 aliphatic rings. The lowest BCUT2D eigenvalue weighted by Gasteiger charge is -2.10. The molecule has 1 heteroatoms. The minimum absolute atomic E-state index is 0.285. The summed E-state index contributed by atoms with van der Waals surface area (Å²) in [6.07, 6.45) is 19.4. The Morgan fingerprint density at radius 2 is 1.67 bits per heavy atom. The molecular weight excluding hydrogens is 292 g/mol. The summed E-state index contributed by atoms with van der Waals surface area (Å²) < 4.78 is 5.06. The Balaban J connectivity index is 2.00. The topological polar surface area (TPSA) is 9.23 Å². The predicted molar refractivity (Wildman–Crippen MR) is 105 cm³/mol. The van der Waals surface area contributed by atoms with Crippen LogP contribution in [0, 0.1) is 12.3 Å². The summed E-state index contributed by atoms with van der Waals surface area (Å²) in [5.74, 6) is 3.23. The van der Waals surface area contributed by atoms with Crippen LogP contribution in [-0.4, -0.2) is 13.7 Å². The Morgan fingerprint density at radius 1 is 1.04 bits per heavy atom. The number of rotatable bonds is 13. The van der Waals surface area contributed by atoms with E-state index >= 15 is 0 Å². The Hall–Kier alpha value is -1.52. The van der Waals surface area contributed by atoms with Crippen molar-refractivity contribution in [3.8, 4) is 12.3 Å². The molecule has 0 saturated heterocycles. The second kappa shape index (κ2) is 13.9. The molecule has 0 aliphatic carbocycles. The van der Waals surface area contributed by atoms with Crippen LogP contribution in [0.3, 0.4) is 0 Å². The van der Waals surface area contributed by atoms with Crippen molar-refractivity contribution in [2.45, 2.75) is 70.6 Å². The Kier molecular flexibility index (Phi) is 11.9. The van der Waals surface area contributed by atoms with Crippen molar-refractivity contribution < 1.29 is 4.74 Å². The van der Waals surface area contributed by atoms with Crippen LogP contribution in [0.4, 0.5) is 0 Å². The first-order valence-corrected chi connectivity index (χ1v) is 9.43. The Bertz CT molecular complexity index is 481. The molecule has 0 saturated carbocycles. The van der Waals surface area contributed by atoms with Crippen molar-refractivity contribution in [3.63, 3.8) is 0 Å². The van der Waals surface area contributed by atoms with Gasteiger partial charge in [0.05, 0.1) is 6.61 Å². The smallest absolute Gasteiger partial charge is 0.0646 e. The molecule has 24 heavy (non-hydrogen) atoms. The molecule has 0 N–H and O–H groups in total. The average molecular weight is 327 g/mol. The Labute approximate surface area is 149 Å². The molecule has 0 radical (unpaired) electrons. The van der Waals surface area contributed by atoms with E-state index in [-0.39, 0.29) is 5.92 Å². The molecule has 0 fully saturated rings. The number of ether oxygens (including phenoxy) is 1. The van der Waals surface area contributed by atoms with Gasteiger partial charge in [-0.1, -0.05) is 86.4 Å². The van der Waals surface area contributed by atoms with Gasteiger partial charge in [-0.15, -0.1) is 6.42 Å². The van der Waals surface area contributed by atoms with Gasteiger partial charge in [0.2, 0.25) is 0 Å². The number of methoxy groups -OCH3 is 1. The fourth-order valence-electron chi connectivity index (χ4n) is 3.00. The number of hydrogen-bond donors (Lipinski definition) is 0. The van der Waals surface area contributed by atoms with Crippen LogP contribution in [-0.2, 0) is 4.74 Å². The molecule has 1 nitrogen and oxygen atoms in total. The maximum Gasteiger partial charge on any atom is 0.0646 e. The molecule has 1 atom stereocenters. The van der Waals surface area contributed by atoms with Crippen molar-refractivity contribution >= 4 is 0 Å². The lowest BCUT2D eigenvalue weighted by molar-refractivity contribution is 0.233. The van der Waals surface area contributed by atoms with Crippen LogP contribution < -0.4 is 0 Å². The molecule has 1 rings (SSSR count). The highest BCUT2D eigenvalue weighted by atomic mass is 16.5. The van der Waals surface area contributed by atoms with Crippen LogP contribution in [0.2, 0.25) is 0 Å². The molecule has 1 unspecified atom stereocenters. The zero-order valence-corrected chi connectivity index (χ0v) is 15.6. The van der Waals surface area contributed by atoms with E-state index in [0.29, 0.717) is 0 Å². The predicted octanol–water partition coefficient (Wildman–Crippen LogP) is 6.51. The lowest BCUT2D eigenvalue weighted by Crippen LogP contribution is -1.95. The minimum atomic E-state index is 0.285. The van der Waals surface area contributed by atoms with Crippen molar-refractivity contribution in [3.05, 3.63) is 47.5 Å². The van der Waals surface area contributed by atoms with Gasteiger partial charge < -0.3 is 4.74 Å². The third-order valence-corrected chi connectivity index (χ3v) is 4.57. The molecule has 0 bridgehead atoms. The maximum atomic E-state index is 5.69. The zero-order valence-electron chi connectivity index (χ0n) is 15.6. The largest absolute Gasteiger partial charge is 0.381 e. The van der Waals surface area contributed by atoms with E-state index in [1.807, 2.05) is 6.07 Å². The summed E-state index contributed by atoms with van der Waals surface area (Å²) in [7, 11) is 1.75. The molecule has 0 amide bonds. The summed E-state index contributed by atoms with van der Waals surface area (Å²) in [6, 6.07) is 10.5. The monoisotopic (exact) mass is 326 g/mol. The zero-order chi connectivity index (χ0) is 17.5.